The van der Waals surface area contributed by atoms with Gasteiger partial charge in [0.25, 0.3) is 11.8 Å². The topological polar surface area (TPSA) is 75.1 Å². The first-order valence-electron chi connectivity index (χ1n) is 9.93. The minimum absolute atomic E-state index is 0.120. The van der Waals surface area contributed by atoms with Gasteiger partial charge in [-0.3, -0.25) is 9.59 Å². The van der Waals surface area contributed by atoms with Gasteiger partial charge in [0.05, 0.1) is 14.2 Å². The van der Waals surface area contributed by atoms with E-state index in [-0.39, 0.29) is 24.9 Å². The fourth-order valence-corrected chi connectivity index (χ4v) is 3.45. The van der Waals surface area contributed by atoms with Crippen molar-refractivity contribution in [3.8, 4) is 5.75 Å². The Kier molecular flexibility index (Phi) is 7.08. The van der Waals surface area contributed by atoms with Crippen LogP contribution in [0.25, 0.3) is 0 Å². The zero-order valence-corrected chi connectivity index (χ0v) is 17.0. The van der Waals surface area contributed by atoms with E-state index < -0.39 is 0 Å². The Morgan fingerprint density at radius 2 is 1.59 bits per heavy atom. The standard InChI is InChI=1S/C22H28N4O3/c1-25(16-22(28)24-18-6-5-7-20(14-18)29-2)15-21(27)23-17-8-10-19(11-9-17)26-12-3-4-13-26/h5-11,14H,3-4,12-13,15-16H2,1-2H3,(H,23,27)(H,24,28)/p+1. The van der Waals surface area contributed by atoms with Crippen LogP contribution < -0.4 is 25.2 Å². The molecule has 3 N–H and O–H groups in total. The number of amides is 2. The molecule has 2 aromatic carbocycles. The van der Waals surface area contributed by atoms with Gasteiger partial charge in [0.15, 0.2) is 13.1 Å². The number of nitrogens with zero attached hydrogens (tertiary/aromatic N) is 1. The first kappa shape index (κ1) is 20.7. The quantitative estimate of drug-likeness (QED) is 0.629. The van der Waals surface area contributed by atoms with E-state index in [1.807, 2.05) is 43.4 Å². The second-order valence-electron chi connectivity index (χ2n) is 7.38. The van der Waals surface area contributed by atoms with E-state index in [1.165, 1.54) is 18.5 Å². The molecule has 1 aliphatic rings. The minimum atomic E-state index is -0.154. The number of quaternary nitrogens is 1. The summed E-state index contributed by atoms with van der Waals surface area (Å²) in [6.07, 6.45) is 2.47. The lowest BCUT2D eigenvalue weighted by Gasteiger charge is -2.18. The Morgan fingerprint density at radius 3 is 2.21 bits per heavy atom. The summed E-state index contributed by atoms with van der Waals surface area (Å²) in [5.74, 6) is 0.405. The maximum absolute atomic E-state index is 12.3. The number of carbonyl (C=O) groups is 2. The largest absolute Gasteiger partial charge is 0.497 e. The first-order valence-corrected chi connectivity index (χ1v) is 9.93. The molecule has 1 saturated heterocycles. The van der Waals surface area contributed by atoms with Crippen molar-refractivity contribution in [2.45, 2.75) is 12.8 Å². The van der Waals surface area contributed by atoms with Crippen LogP contribution in [0.15, 0.2) is 48.5 Å². The Bertz CT molecular complexity index is 832. The highest BCUT2D eigenvalue weighted by Gasteiger charge is 2.16. The molecular weight excluding hydrogens is 368 g/mol. The second-order valence-corrected chi connectivity index (χ2v) is 7.38. The normalized spacial score (nSPS) is 14.3. The van der Waals surface area contributed by atoms with Crippen molar-refractivity contribution in [1.29, 1.82) is 0 Å². The van der Waals surface area contributed by atoms with Gasteiger partial charge in [-0.1, -0.05) is 6.07 Å². The summed E-state index contributed by atoms with van der Waals surface area (Å²) in [5.41, 5.74) is 2.63. The van der Waals surface area contributed by atoms with E-state index in [0.29, 0.717) is 11.4 Å². The fourth-order valence-electron chi connectivity index (χ4n) is 3.45. The molecule has 0 saturated carbocycles. The van der Waals surface area contributed by atoms with Crippen molar-refractivity contribution in [3.05, 3.63) is 48.5 Å². The van der Waals surface area contributed by atoms with Gasteiger partial charge >= 0.3 is 0 Å². The van der Waals surface area contributed by atoms with Crippen LogP contribution in [-0.4, -0.2) is 52.2 Å². The Hall–Kier alpha value is -3.06. The van der Waals surface area contributed by atoms with Gasteiger partial charge in [-0.25, -0.2) is 0 Å². The maximum Gasteiger partial charge on any atom is 0.279 e. The molecule has 0 spiro atoms. The third kappa shape index (κ3) is 6.22. The highest BCUT2D eigenvalue weighted by atomic mass is 16.5. The van der Waals surface area contributed by atoms with Crippen LogP contribution in [0.4, 0.5) is 17.1 Å². The SMILES string of the molecule is COc1cccc(NC(=O)C[NH+](C)CC(=O)Nc2ccc(N3CCCC3)cc2)c1. The van der Waals surface area contributed by atoms with Crippen molar-refractivity contribution in [3.63, 3.8) is 0 Å². The zero-order valence-electron chi connectivity index (χ0n) is 17.0. The van der Waals surface area contributed by atoms with Crippen molar-refractivity contribution >= 4 is 28.9 Å². The van der Waals surface area contributed by atoms with Crippen LogP contribution in [0.1, 0.15) is 12.8 Å². The average molecular weight is 397 g/mol. The number of nitrogens with one attached hydrogen (secondary N) is 3. The number of carbonyl (C=O) groups excluding carboxylic acids is 2. The molecule has 0 aliphatic carbocycles. The van der Waals surface area contributed by atoms with E-state index in [0.717, 1.165) is 23.7 Å². The molecule has 1 unspecified atom stereocenters. The Balaban J connectivity index is 1.44. The second kappa shape index (κ2) is 9.93. The van der Waals surface area contributed by atoms with E-state index in [1.54, 1.807) is 19.2 Å². The van der Waals surface area contributed by atoms with Crippen LogP contribution >= 0.6 is 0 Å². The number of hydrogen-bond donors (Lipinski definition) is 3. The van der Waals surface area contributed by atoms with E-state index >= 15 is 0 Å². The summed E-state index contributed by atoms with van der Waals surface area (Å²) >= 11 is 0. The molecular formula is C22H29N4O3+. The monoisotopic (exact) mass is 397 g/mol. The number of likely N-dealkylation sites (N-methyl/N-ethyl adjacent to an activating group) is 1. The lowest BCUT2D eigenvalue weighted by Crippen LogP contribution is -3.11. The van der Waals surface area contributed by atoms with Crippen molar-refractivity contribution in [2.24, 2.45) is 0 Å². The van der Waals surface area contributed by atoms with Gasteiger partial charge in [-0.2, -0.15) is 0 Å². The highest BCUT2D eigenvalue weighted by Crippen LogP contribution is 2.22. The molecule has 7 nitrogen and oxygen atoms in total. The average Bonchev–Trinajstić information content (AvgIpc) is 3.23. The predicted octanol–water partition coefficient (Wildman–Crippen LogP) is 1.39. The van der Waals surface area contributed by atoms with Crippen molar-refractivity contribution < 1.29 is 19.2 Å². The third-order valence-electron chi connectivity index (χ3n) is 4.90. The molecule has 2 amide bonds. The van der Waals surface area contributed by atoms with E-state index in [9.17, 15) is 9.59 Å². The molecule has 1 heterocycles. The first-order chi connectivity index (χ1) is 14.0. The summed E-state index contributed by atoms with van der Waals surface area (Å²) in [4.78, 5) is 27.7. The Morgan fingerprint density at radius 1 is 0.966 bits per heavy atom. The molecule has 1 atom stereocenters. The highest BCUT2D eigenvalue weighted by molar-refractivity contribution is 5.93. The van der Waals surface area contributed by atoms with Crippen LogP contribution in [-0.2, 0) is 9.59 Å². The Labute approximate surface area is 171 Å². The van der Waals surface area contributed by atoms with Gasteiger partial charge in [0, 0.05) is 36.2 Å². The molecule has 7 heteroatoms. The van der Waals surface area contributed by atoms with Gasteiger partial charge in [0.1, 0.15) is 5.75 Å². The van der Waals surface area contributed by atoms with Crippen LogP contribution in [0.3, 0.4) is 0 Å². The maximum atomic E-state index is 12.3. The number of rotatable bonds is 8. The van der Waals surface area contributed by atoms with Gasteiger partial charge < -0.3 is 25.2 Å². The summed E-state index contributed by atoms with van der Waals surface area (Å²) in [6.45, 7) is 2.59. The molecule has 3 rings (SSSR count). The number of ether oxygens (including phenoxy) is 1. The van der Waals surface area contributed by atoms with E-state index in [4.69, 9.17) is 4.74 Å². The van der Waals surface area contributed by atoms with Crippen LogP contribution in [0.2, 0.25) is 0 Å². The zero-order chi connectivity index (χ0) is 20.6. The number of benzene rings is 2. The fraction of sp³-hybridized carbons (Fsp3) is 0.364. The molecule has 0 radical (unpaired) electrons. The smallest absolute Gasteiger partial charge is 0.279 e. The summed E-state index contributed by atoms with van der Waals surface area (Å²) < 4.78 is 5.15. The molecule has 2 aromatic rings. The number of hydrogen-bond acceptors (Lipinski definition) is 4. The molecule has 0 aromatic heterocycles. The molecule has 154 valence electrons. The number of anilines is 3. The minimum Gasteiger partial charge on any atom is -0.497 e. The van der Waals surface area contributed by atoms with Crippen LogP contribution in [0.5, 0.6) is 5.75 Å². The summed E-state index contributed by atoms with van der Waals surface area (Å²) in [6, 6.07) is 15.1. The molecule has 29 heavy (non-hydrogen) atoms. The van der Waals surface area contributed by atoms with Crippen molar-refractivity contribution in [2.75, 3.05) is 55.9 Å². The van der Waals surface area contributed by atoms with Crippen molar-refractivity contribution in [1.82, 2.24) is 0 Å². The van der Waals surface area contributed by atoms with Gasteiger partial charge in [-0.15, -0.1) is 0 Å². The molecule has 1 aliphatic heterocycles. The lowest BCUT2D eigenvalue weighted by atomic mass is 10.2. The summed E-state index contributed by atoms with van der Waals surface area (Å²) in [7, 11) is 3.40. The third-order valence-corrected chi connectivity index (χ3v) is 4.90. The summed E-state index contributed by atoms with van der Waals surface area (Å²) in [5, 5.41) is 5.73. The number of methoxy groups -OCH3 is 1. The predicted molar refractivity (Wildman–Crippen MR) is 115 cm³/mol. The molecule has 0 bridgehead atoms. The molecule has 1 fully saturated rings. The lowest BCUT2D eigenvalue weighted by molar-refractivity contribution is -0.862. The van der Waals surface area contributed by atoms with Gasteiger partial charge in [0.2, 0.25) is 0 Å². The van der Waals surface area contributed by atoms with E-state index in [2.05, 4.69) is 15.5 Å². The van der Waals surface area contributed by atoms with Crippen LogP contribution in [0, 0.1) is 0 Å². The van der Waals surface area contributed by atoms with Gasteiger partial charge in [-0.05, 0) is 49.2 Å².